The highest BCUT2D eigenvalue weighted by molar-refractivity contribution is 6.17. The molecule has 2 aliphatic heterocycles. The first-order valence-corrected chi connectivity index (χ1v) is 11.1. The van der Waals surface area contributed by atoms with Gasteiger partial charge in [-0.05, 0) is 51.2 Å². The van der Waals surface area contributed by atoms with Crippen molar-refractivity contribution < 1.29 is 23.9 Å². The van der Waals surface area contributed by atoms with Crippen molar-refractivity contribution in [1.29, 1.82) is 0 Å². The van der Waals surface area contributed by atoms with Gasteiger partial charge < -0.3 is 14.4 Å². The number of pyridine rings is 2. The number of likely N-dealkylation sites (tertiary alicyclic amines) is 2. The monoisotopic (exact) mass is 466 g/mol. The summed E-state index contributed by atoms with van der Waals surface area (Å²) in [6.07, 6.45) is 3.28. The van der Waals surface area contributed by atoms with E-state index in [0.717, 1.165) is 11.1 Å². The smallest absolute Gasteiger partial charge is 0.322 e. The number of methoxy groups -OCH3 is 2. The molecule has 2 bridgehead atoms. The second kappa shape index (κ2) is 8.56. The van der Waals surface area contributed by atoms with E-state index in [0.29, 0.717) is 11.4 Å². The number of fused-ring (bicyclic) bond motifs is 2. The van der Waals surface area contributed by atoms with E-state index in [-0.39, 0.29) is 13.1 Å². The van der Waals surface area contributed by atoms with E-state index in [2.05, 4.69) is 9.97 Å². The molecule has 2 fully saturated rings. The van der Waals surface area contributed by atoms with Crippen LogP contribution < -0.4 is 0 Å². The van der Waals surface area contributed by atoms with Crippen LogP contribution in [0.5, 0.6) is 0 Å². The van der Waals surface area contributed by atoms with Gasteiger partial charge in [0.1, 0.15) is 0 Å². The van der Waals surface area contributed by atoms with Gasteiger partial charge in [0.25, 0.3) is 0 Å². The molecule has 34 heavy (non-hydrogen) atoms. The minimum absolute atomic E-state index is 0.0796. The predicted molar refractivity (Wildman–Crippen MR) is 123 cm³/mol. The van der Waals surface area contributed by atoms with E-state index in [1.165, 1.54) is 14.2 Å². The van der Waals surface area contributed by atoms with Gasteiger partial charge in [-0.3, -0.25) is 29.3 Å². The quantitative estimate of drug-likeness (QED) is 0.492. The minimum atomic E-state index is -1.69. The summed E-state index contributed by atoms with van der Waals surface area (Å²) in [6, 6.07) is 5.81. The molecule has 4 heterocycles. The standard InChI is InChI=1S/C25H30N4O5/c1-15-9-7-11-26-17(15)19-24(22(31)33-5)13-28(3)14-25(21(24)30,23(32)34-6)20(29(19)4)18-16(2)10-8-12-27-18/h7-12,19-20H,13-14H2,1-6H3/t19-,20+,24-,25+. The molecular weight excluding hydrogens is 436 g/mol. The number of carbonyl (C=O) groups excluding carboxylic acids is 3. The van der Waals surface area contributed by atoms with Crippen molar-refractivity contribution in [2.75, 3.05) is 41.4 Å². The molecule has 4 rings (SSSR count). The van der Waals surface area contributed by atoms with Crippen LogP contribution in [-0.4, -0.2) is 78.9 Å². The Morgan fingerprint density at radius 1 is 0.882 bits per heavy atom. The van der Waals surface area contributed by atoms with Gasteiger partial charge in [-0.15, -0.1) is 0 Å². The third-order valence-corrected chi connectivity index (χ3v) is 7.31. The minimum Gasteiger partial charge on any atom is -0.468 e. The lowest BCUT2D eigenvalue weighted by Gasteiger charge is -2.60. The maximum absolute atomic E-state index is 14.6. The zero-order chi connectivity index (χ0) is 24.8. The van der Waals surface area contributed by atoms with Crippen LogP contribution >= 0.6 is 0 Å². The fraction of sp³-hybridized carbons (Fsp3) is 0.480. The number of rotatable bonds is 4. The van der Waals surface area contributed by atoms with Gasteiger partial charge in [0.05, 0.1) is 37.7 Å². The van der Waals surface area contributed by atoms with Gasteiger partial charge in [-0.25, -0.2) is 0 Å². The van der Waals surface area contributed by atoms with Gasteiger partial charge in [-0.2, -0.15) is 0 Å². The number of hydrogen-bond acceptors (Lipinski definition) is 9. The molecule has 0 aromatic carbocycles. The number of Topliss-reactive ketones (excluding diaryl/α,β-unsaturated/α-hetero) is 1. The molecule has 0 amide bonds. The second-order valence-electron chi connectivity index (χ2n) is 9.31. The molecule has 2 aromatic heterocycles. The molecule has 4 atom stereocenters. The number of carbonyl (C=O) groups is 3. The molecule has 0 aliphatic carbocycles. The van der Waals surface area contributed by atoms with Crippen LogP contribution in [0.1, 0.15) is 34.6 Å². The Kier molecular flexibility index (Phi) is 6.03. The van der Waals surface area contributed by atoms with E-state index in [9.17, 15) is 14.4 Å². The summed E-state index contributed by atoms with van der Waals surface area (Å²) in [4.78, 5) is 54.7. The van der Waals surface area contributed by atoms with Gasteiger partial charge in [-0.1, -0.05) is 12.1 Å². The maximum Gasteiger partial charge on any atom is 0.322 e. The number of hydrogen-bond donors (Lipinski definition) is 0. The Bertz CT molecular complexity index is 1070. The second-order valence-corrected chi connectivity index (χ2v) is 9.31. The SMILES string of the molecule is COC(=O)[C@]12CN(C)C[C@](C(=O)OC)(C1=O)[C@@H](c1ncccc1C)N(C)[C@H]2c1ncccc1C. The van der Waals surface area contributed by atoms with E-state index < -0.39 is 40.6 Å². The largest absolute Gasteiger partial charge is 0.468 e. The molecule has 2 saturated heterocycles. The number of piperidine rings is 2. The third kappa shape index (κ3) is 3.10. The highest BCUT2D eigenvalue weighted by Crippen LogP contribution is 2.60. The number of esters is 2. The van der Waals surface area contributed by atoms with Crippen molar-refractivity contribution in [3.63, 3.8) is 0 Å². The number of nitrogens with zero attached hydrogens (tertiary/aromatic N) is 4. The average molecular weight is 467 g/mol. The van der Waals surface area contributed by atoms with Crippen LogP contribution in [0.4, 0.5) is 0 Å². The van der Waals surface area contributed by atoms with Crippen LogP contribution in [0.3, 0.4) is 0 Å². The normalized spacial score (nSPS) is 29.5. The van der Waals surface area contributed by atoms with Crippen molar-refractivity contribution in [3.8, 4) is 0 Å². The Morgan fingerprint density at radius 3 is 1.65 bits per heavy atom. The number of aryl methyl sites for hydroxylation is 2. The van der Waals surface area contributed by atoms with Gasteiger partial charge >= 0.3 is 11.9 Å². The van der Waals surface area contributed by atoms with Crippen LogP contribution in [0.2, 0.25) is 0 Å². The Balaban J connectivity index is 2.12. The number of ether oxygens (including phenoxy) is 2. The number of aromatic nitrogens is 2. The van der Waals surface area contributed by atoms with Crippen molar-refractivity contribution >= 4 is 17.7 Å². The molecule has 0 unspecified atom stereocenters. The number of ketones is 1. The fourth-order valence-electron chi connectivity index (χ4n) is 6.04. The Morgan fingerprint density at radius 2 is 1.29 bits per heavy atom. The van der Waals surface area contributed by atoms with Crippen molar-refractivity contribution in [3.05, 3.63) is 59.2 Å². The molecule has 9 nitrogen and oxygen atoms in total. The summed E-state index contributed by atoms with van der Waals surface area (Å²) in [5.74, 6) is -1.91. The fourth-order valence-corrected chi connectivity index (χ4v) is 6.04. The van der Waals surface area contributed by atoms with Crippen LogP contribution in [0.25, 0.3) is 0 Å². The van der Waals surface area contributed by atoms with E-state index in [1.807, 2.05) is 42.8 Å². The van der Waals surface area contributed by atoms with Crippen LogP contribution in [0.15, 0.2) is 36.7 Å². The highest BCUT2D eigenvalue weighted by Gasteiger charge is 2.75. The summed E-state index contributed by atoms with van der Waals surface area (Å²) in [7, 11) is 6.12. The van der Waals surface area contributed by atoms with Crippen molar-refractivity contribution in [1.82, 2.24) is 19.8 Å². The van der Waals surface area contributed by atoms with Crippen molar-refractivity contribution in [2.24, 2.45) is 10.8 Å². The zero-order valence-electron chi connectivity index (χ0n) is 20.4. The summed E-state index contributed by atoms with van der Waals surface area (Å²) < 4.78 is 10.5. The molecular formula is C25H30N4O5. The maximum atomic E-state index is 14.6. The van der Waals surface area contributed by atoms with Gasteiger partial charge in [0, 0.05) is 25.5 Å². The predicted octanol–water partition coefficient (Wildman–Crippen LogP) is 1.65. The summed E-state index contributed by atoms with van der Waals surface area (Å²) in [5.41, 5.74) is -0.574. The summed E-state index contributed by atoms with van der Waals surface area (Å²) >= 11 is 0. The molecule has 2 aromatic rings. The first-order chi connectivity index (χ1) is 16.2. The summed E-state index contributed by atoms with van der Waals surface area (Å²) in [5, 5.41) is 0. The first kappa shape index (κ1) is 24.0. The average Bonchev–Trinajstić information content (AvgIpc) is 2.82. The third-order valence-electron chi connectivity index (χ3n) is 7.31. The van der Waals surface area contributed by atoms with Gasteiger partial charge in [0.2, 0.25) is 0 Å². The lowest BCUT2D eigenvalue weighted by atomic mass is 9.54. The van der Waals surface area contributed by atoms with E-state index >= 15 is 0 Å². The Hall–Kier alpha value is -3.17. The highest BCUT2D eigenvalue weighted by atomic mass is 16.5. The lowest BCUT2D eigenvalue weighted by Crippen LogP contribution is -2.75. The van der Waals surface area contributed by atoms with Crippen LogP contribution in [-0.2, 0) is 23.9 Å². The molecule has 0 spiro atoms. The van der Waals surface area contributed by atoms with Crippen LogP contribution in [0, 0.1) is 24.7 Å². The zero-order valence-corrected chi connectivity index (χ0v) is 20.4. The molecule has 0 radical (unpaired) electrons. The van der Waals surface area contributed by atoms with E-state index in [4.69, 9.17) is 9.47 Å². The van der Waals surface area contributed by atoms with Gasteiger partial charge in [0.15, 0.2) is 16.6 Å². The van der Waals surface area contributed by atoms with E-state index in [1.54, 1.807) is 31.6 Å². The molecule has 180 valence electrons. The molecule has 2 aliphatic rings. The summed E-state index contributed by atoms with van der Waals surface area (Å²) in [6.45, 7) is 3.94. The molecule has 0 N–H and O–H groups in total. The Labute approximate surface area is 199 Å². The topological polar surface area (TPSA) is 102 Å². The molecule has 0 saturated carbocycles. The molecule has 9 heteroatoms. The van der Waals surface area contributed by atoms with Crippen molar-refractivity contribution in [2.45, 2.75) is 25.9 Å². The lowest BCUT2D eigenvalue weighted by molar-refractivity contribution is -0.202. The first-order valence-electron chi connectivity index (χ1n) is 11.1.